The Kier molecular flexibility index (Phi) is 6.48. The Morgan fingerprint density at radius 1 is 1.00 bits per heavy atom. The number of aliphatic hydroxyl groups is 1. The molecule has 5 nitrogen and oxygen atoms in total. The molecule has 1 atom stereocenters. The van der Waals surface area contributed by atoms with Gasteiger partial charge in [0.1, 0.15) is 17.3 Å². The molecule has 3 aromatic rings. The first-order valence-electron chi connectivity index (χ1n) is 11.5. The normalized spacial score (nSPS) is 17.3. The number of carbonyl (C=O) groups excluding carboxylic acids is 2. The van der Waals surface area contributed by atoms with Crippen molar-refractivity contribution in [2.45, 2.75) is 39.7 Å². The fraction of sp³-hybridized carbons (Fsp3) is 0.241. The Bertz CT molecular complexity index is 1360. The van der Waals surface area contributed by atoms with Crippen molar-refractivity contribution in [3.05, 3.63) is 99.9 Å². The van der Waals surface area contributed by atoms with Crippen molar-refractivity contribution in [1.29, 1.82) is 0 Å². The highest BCUT2D eigenvalue weighted by Crippen LogP contribution is 2.43. The largest absolute Gasteiger partial charge is 0.507 e. The minimum absolute atomic E-state index is 0.0815. The molecule has 1 saturated heterocycles. The van der Waals surface area contributed by atoms with Crippen molar-refractivity contribution in [2.75, 3.05) is 12.0 Å². The highest BCUT2D eigenvalue weighted by atomic mass is 19.1. The lowest BCUT2D eigenvalue weighted by molar-refractivity contribution is -0.132. The fourth-order valence-corrected chi connectivity index (χ4v) is 4.45. The van der Waals surface area contributed by atoms with E-state index in [1.807, 2.05) is 33.8 Å². The van der Waals surface area contributed by atoms with Crippen LogP contribution in [0.4, 0.5) is 10.1 Å². The van der Waals surface area contributed by atoms with Crippen LogP contribution in [0.5, 0.6) is 5.75 Å². The number of halogens is 1. The number of carbonyl (C=O) groups is 2. The summed E-state index contributed by atoms with van der Waals surface area (Å²) >= 11 is 0. The first kappa shape index (κ1) is 24.2. The minimum Gasteiger partial charge on any atom is -0.507 e. The highest BCUT2D eigenvalue weighted by molar-refractivity contribution is 6.51. The Morgan fingerprint density at radius 3 is 2.34 bits per heavy atom. The maximum atomic E-state index is 15.1. The van der Waals surface area contributed by atoms with Gasteiger partial charge in [-0.2, -0.15) is 0 Å². The van der Waals surface area contributed by atoms with E-state index in [0.29, 0.717) is 17.0 Å². The average Bonchev–Trinajstić information content (AvgIpc) is 3.10. The van der Waals surface area contributed by atoms with Gasteiger partial charge in [0.25, 0.3) is 11.7 Å². The molecule has 6 heteroatoms. The molecule has 180 valence electrons. The number of ketones is 1. The number of hydrogen-bond donors (Lipinski definition) is 1. The van der Waals surface area contributed by atoms with Crippen LogP contribution in [0.25, 0.3) is 5.76 Å². The Morgan fingerprint density at radius 2 is 1.71 bits per heavy atom. The lowest BCUT2D eigenvalue weighted by Gasteiger charge is -2.26. The van der Waals surface area contributed by atoms with Crippen LogP contribution in [-0.4, -0.2) is 23.9 Å². The summed E-state index contributed by atoms with van der Waals surface area (Å²) in [6.45, 7) is 7.81. The molecule has 0 aromatic heterocycles. The number of aliphatic hydroxyl groups excluding tert-OH is 1. The van der Waals surface area contributed by atoms with Crippen LogP contribution in [0.3, 0.4) is 0 Å². The molecule has 1 amide bonds. The van der Waals surface area contributed by atoms with Gasteiger partial charge in [0, 0.05) is 16.8 Å². The van der Waals surface area contributed by atoms with E-state index in [1.54, 1.807) is 49.6 Å². The average molecular weight is 474 g/mol. The van der Waals surface area contributed by atoms with Crippen LogP contribution < -0.4 is 9.64 Å². The van der Waals surface area contributed by atoms with E-state index in [1.165, 1.54) is 17.0 Å². The topological polar surface area (TPSA) is 66.8 Å². The number of rotatable bonds is 5. The fourth-order valence-electron chi connectivity index (χ4n) is 4.45. The number of anilines is 1. The van der Waals surface area contributed by atoms with E-state index in [9.17, 15) is 14.7 Å². The molecule has 0 bridgehead atoms. The second kappa shape index (κ2) is 9.37. The molecule has 0 aliphatic carbocycles. The molecular weight excluding hydrogens is 445 g/mol. The molecule has 1 N–H and O–H groups in total. The predicted octanol–water partition coefficient (Wildman–Crippen LogP) is 6.20. The third kappa shape index (κ3) is 4.20. The molecule has 1 fully saturated rings. The number of hydrogen-bond acceptors (Lipinski definition) is 4. The standard InChI is InChI=1S/C29H28FNO4/c1-16(2)22-15-19(11-13-24(22)35-5)27(32)25-26(21-8-6-7-9-23(21)30)31(29(34)28(25)33)20-12-10-17(3)18(4)14-20/h6-16,26,32H,1-5H3/b27-25+. The molecule has 1 aliphatic heterocycles. The van der Waals surface area contributed by atoms with Crippen molar-refractivity contribution in [3.63, 3.8) is 0 Å². The van der Waals surface area contributed by atoms with E-state index in [4.69, 9.17) is 4.74 Å². The van der Waals surface area contributed by atoms with Gasteiger partial charge in [-0.3, -0.25) is 14.5 Å². The van der Waals surface area contributed by atoms with E-state index in [2.05, 4.69) is 0 Å². The summed E-state index contributed by atoms with van der Waals surface area (Å²) in [4.78, 5) is 27.9. The summed E-state index contributed by atoms with van der Waals surface area (Å²) in [5.41, 5.74) is 3.57. The number of methoxy groups -OCH3 is 1. The summed E-state index contributed by atoms with van der Waals surface area (Å²) in [7, 11) is 1.56. The number of amides is 1. The molecule has 0 radical (unpaired) electrons. The van der Waals surface area contributed by atoms with Crippen molar-refractivity contribution in [2.24, 2.45) is 0 Å². The Balaban J connectivity index is 1.98. The summed E-state index contributed by atoms with van der Waals surface area (Å²) in [5.74, 6) is -1.88. The molecule has 1 heterocycles. The number of nitrogens with zero attached hydrogens (tertiary/aromatic N) is 1. The van der Waals surface area contributed by atoms with Gasteiger partial charge in [-0.05, 0) is 72.9 Å². The molecule has 1 aliphatic rings. The minimum atomic E-state index is -1.12. The molecule has 3 aromatic carbocycles. The monoisotopic (exact) mass is 473 g/mol. The molecule has 0 spiro atoms. The van der Waals surface area contributed by atoms with Gasteiger partial charge in [-0.25, -0.2) is 4.39 Å². The smallest absolute Gasteiger partial charge is 0.300 e. The summed E-state index contributed by atoms with van der Waals surface area (Å²) in [6, 6.07) is 15.3. The van der Waals surface area contributed by atoms with Gasteiger partial charge in [0.2, 0.25) is 0 Å². The lowest BCUT2D eigenvalue weighted by atomic mass is 9.92. The third-order valence-corrected chi connectivity index (χ3v) is 6.54. The predicted molar refractivity (Wildman–Crippen MR) is 134 cm³/mol. The maximum Gasteiger partial charge on any atom is 0.300 e. The van der Waals surface area contributed by atoms with E-state index < -0.39 is 23.5 Å². The SMILES string of the molecule is COc1ccc(/C(O)=C2\C(=O)C(=O)N(c3ccc(C)c(C)c3)C2c2ccccc2F)cc1C(C)C. The number of ether oxygens (including phenoxy) is 1. The first-order valence-corrected chi connectivity index (χ1v) is 11.5. The van der Waals surface area contributed by atoms with Crippen LogP contribution in [0, 0.1) is 19.7 Å². The van der Waals surface area contributed by atoms with E-state index >= 15 is 4.39 Å². The van der Waals surface area contributed by atoms with Crippen molar-refractivity contribution >= 4 is 23.1 Å². The first-order chi connectivity index (χ1) is 16.6. The number of Topliss-reactive ketones (excluding diaryl/α,β-unsaturated/α-hetero) is 1. The van der Waals surface area contributed by atoms with E-state index in [0.717, 1.165) is 16.7 Å². The van der Waals surface area contributed by atoms with Gasteiger partial charge in [-0.15, -0.1) is 0 Å². The quantitative estimate of drug-likeness (QED) is 0.272. The van der Waals surface area contributed by atoms with Crippen LogP contribution in [0.15, 0.2) is 66.2 Å². The molecule has 35 heavy (non-hydrogen) atoms. The van der Waals surface area contributed by atoms with Crippen molar-refractivity contribution in [3.8, 4) is 5.75 Å². The van der Waals surface area contributed by atoms with Crippen LogP contribution in [0.1, 0.15) is 53.6 Å². The number of aryl methyl sites for hydroxylation is 2. The zero-order valence-corrected chi connectivity index (χ0v) is 20.4. The van der Waals surface area contributed by atoms with Gasteiger partial charge < -0.3 is 9.84 Å². The number of benzene rings is 3. The lowest BCUT2D eigenvalue weighted by Crippen LogP contribution is -2.30. The van der Waals surface area contributed by atoms with Crippen LogP contribution >= 0.6 is 0 Å². The Labute approximate surface area is 204 Å². The van der Waals surface area contributed by atoms with Gasteiger partial charge in [-0.1, -0.05) is 38.1 Å². The van der Waals surface area contributed by atoms with Crippen LogP contribution in [-0.2, 0) is 9.59 Å². The summed E-state index contributed by atoms with van der Waals surface area (Å²) in [5, 5.41) is 11.4. The van der Waals surface area contributed by atoms with Crippen molar-refractivity contribution in [1.82, 2.24) is 0 Å². The zero-order chi connectivity index (χ0) is 25.4. The summed E-state index contributed by atoms with van der Waals surface area (Å²) in [6.07, 6.45) is 0. The molecule has 1 unspecified atom stereocenters. The van der Waals surface area contributed by atoms with Crippen LogP contribution in [0.2, 0.25) is 0 Å². The van der Waals surface area contributed by atoms with Crippen molar-refractivity contribution < 1.29 is 23.8 Å². The van der Waals surface area contributed by atoms with E-state index in [-0.39, 0.29) is 22.8 Å². The third-order valence-electron chi connectivity index (χ3n) is 6.54. The second-order valence-corrected chi connectivity index (χ2v) is 9.07. The van der Waals surface area contributed by atoms with Gasteiger partial charge in [0.05, 0.1) is 18.7 Å². The zero-order valence-electron chi connectivity index (χ0n) is 20.4. The van der Waals surface area contributed by atoms with Gasteiger partial charge in [0.15, 0.2) is 0 Å². The summed E-state index contributed by atoms with van der Waals surface area (Å²) < 4.78 is 20.5. The maximum absolute atomic E-state index is 15.1. The second-order valence-electron chi connectivity index (χ2n) is 9.07. The highest BCUT2D eigenvalue weighted by Gasteiger charge is 2.47. The van der Waals surface area contributed by atoms with Gasteiger partial charge >= 0.3 is 0 Å². The molecule has 4 rings (SSSR count). The molecule has 0 saturated carbocycles. The molecular formula is C29H28FNO4. The Hall–Kier alpha value is -3.93.